The van der Waals surface area contributed by atoms with E-state index in [1.807, 2.05) is 36.4 Å². The zero-order chi connectivity index (χ0) is 24.8. The van der Waals surface area contributed by atoms with Crippen molar-refractivity contribution in [3.8, 4) is 11.1 Å². The highest BCUT2D eigenvalue weighted by Gasteiger charge is 2.29. The van der Waals surface area contributed by atoms with E-state index in [2.05, 4.69) is 22.8 Å². The van der Waals surface area contributed by atoms with Crippen LogP contribution in [-0.4, -0.2) is 35.7 Å². The van der Waals surface area contributed by atoms with Crippen LogP contribution >= 0.6 is 0 Å². The summed E-state index contributed by atoms with van der Waals surface area (Å²) in [5, 5.41) is 14.2. The molecular formula is C28H26N2O5. The molecule has 2 amide bonds. The van der Waals surface area contributed by atoms with Crippen molar-refractivity contribution in [2.45, 2.75) is 25.3 Å². The highest BCUT2D eigenvalue weighted by atomic mass is 16.5. The first-order chi connectivity index (χ1) is 17.0. The van der Waals surface area contributed by atoms with Gasteiger partial charge in [0.2, 0.25) is 5.91 Å². The number of rotatable bonds is 8. The van der Waals surface area contributed by atoms with Crippen LogP contribution in [0.25, 0.3) is 17.2 Å². The molecule has 1 aliphatic carbocycles. The molecule has 7 heteroatoms. The molecule has 4 rings (SSSR count). The van der Waals surface area contributed by atoms with Crippen molar-refractivity contribution in [3.63, 3.8) is 0 Å². The Labute approximate surface area is 203 Å². The van der Waals surface area contributed by atoms with Gasteiger partial charge in [-0.25, -0.2) is 9.59 Å². The predicted molar refractivity (Wildman–Crippen MR) is 134 cm³/mol. The minimum absolute atomic E-state index is 0.0661. The van der Waals surface area contributed by atoms with Crippen molar-refractivity contribution in [2.75, 3.05) is 11.9 Å². The maximum Gasteiger partial charge on any atom is 0.407 e. The van der Waals surface area contributed by atoms with Gasteiger partial charge < -0.3 is 20.5 Å². The Morgan fingerprint density at radius 1 is 0.971 bits per heavy atom. The van der Waals surface area contributed by atoms with Crippen molar-refractivity contribution < 1.29 is 24.2 Å². The van der Waals surface area contributed by atoms with Gasteiger partial charge in [0, 0.05) is 17.7 Å². The third-order valence-corrected chi connectivity index (χ3v) is 5.93. The second kappa shape index (κ2) is 10.7. The fourth-order valence-corrected chi connectivity index (χ4v) is 4.25. The number of alkyl carbamates (subject to hydrolysis) is 1. The van der Waals surface area contributed by atoms with Crippen LogP contribution in [0, 0.1) is 0 Å². The fourth-order valence-electron chi connectivity index (χ4n) is 4.25. The van der Waals surface area contributed by atoms with Crippen LogP contribution in [0.1, 0.15) is 36.0 Å². The van der Waals surface area contributed by atoms with Crippen molar-refractivity contribution in [1.29, 1.82) is 0 Å². The van der Waals surface area contributed by atoms with Crippen LogP contribution in [0.3, 0.4) is 0 Å². The summed E-state index contributed by atoms with van der Waals surface area (Å²) >= 11 is 0. The van der Waals surface area contributed by atoms with Crippen molar-refractivity contribution in [3.05, 3.63) is 95.6 Å². The lowest BCUT2D eigenvalue weighted by molar-refractivity contribution is -0.131. The number of carboxylic acids is 1. The third-order valence-electron chi connectivity index (χ3n) is 5.93. The van der Waals surface area contributed by atoms with Gasteiger partial charge >= 0.3 is 12.1 Å². The van der Waals surface area contributed by atoms with Crippen molar-refractivity contribution >= 4 is 29.7 Å². The lowest BCUT2D eigenvalue weighted by Crippen LogP contribution is -2.43. The molecule has 0 aliphatic heterocycles. The molecule has 0 spiro atoms. The Kier molecular flexibility index (Phi) is 7.26. The average molecular weight is 471 g/mol. The number of amides is 2. The van der Waals surface area contributed by atoms with Crippen LogP contribution in [0.15, 0.2) is 78.9 Å². The monoisotopic (exact) mass is 470 g/mol. The summed E-state index contributed by atoms with van der Waals surface area (Å²) in [6, 6.07) is 22.1. The number of hydrogen-bond donors (Lipinski definition) is 3. The first kappa shape index (κ1) is 23.8. The Bertz CT molecular complexity index is 1240. The number of ether oxygens (including phenoxy) is 1. The number of fused-ring (bicyclic) bond motifs is 3. The van der Waals surface area contributed by atoms with E-state index in [-0.39, 0.29) is 18.4 Å². The molecule has 3 N–H and O–H groups in total. The number of anilines is 1. The second-order valence-electron chi connectivity index (χ2n) is 8.22. The van der Waals surface area contributed by atoms with Gasteiger partial charge in [0.25, 0.3) is 0 Å². The molecule has 1 atom stereocenters. The van der Waals surface area contributed by atoms with Gasteiger partial charge in [-0.3, -0.25) is 4.79 Å². The molecule has 35 heavy (non-hydrogen) atoms. The maximum absolute atomic E-state index is 12.8. The third kappa shape index (κ3) is 5.58. The molecule has 3 aromatic carbocycles. The zero-order valence-corrected chi connectivity index (χ0v) is 19.2. The molecule has 0 saturated heterocycles. The topological polar surface area (TPSA) is 105 Å². The summed E-state index contributed by atoms with van der Waals surface area (Å²) < 4.78 is 5.55. The molecule has 0 saturated carbocycles. The molecular weight excluding hydrogens is 444 g/mol. The minimum atomic E-state index is -1.06. The van der Waals surface area contributed by atoms with E-state index >= 15 is 0 Å². The van der Waals surface area contributed by atoms with Crippen molar-refractivity contribution in [1.82, 2.24) is 5.32 Å². The molecule has 0 bridgehead atoms. The number of carbonyl (C=O) groups is 3. The molecule has 0 unspecified atom stereocenters. The minimum Gasteiger partial charge on any atom is -0.478 e. The number of benzene rings is 3. The molecule has 0 heterocycles. The van der Waals surface area contributed by atoms with E-state index in [1.54, 1.807) is 31.2 Å². The Morgan fingerprint density at radius 2 is 1.63 bits per heavy atom. The molecule has 7 nitrogen and oxygen atoms in total. The highest BCUT2D eigenvalue weighted by molar-refractivity contribution is 5.97. The van der Waals surface area contributed by atoms with E-state index in [9.17, 15) is 14.4 Å². The molecule has 1 aliphatic rings. The number of aliphatic carboxylic acids is 1. The quantitative estimate of drug-likeness (QED) is 0.400. The van der Waals surface area contributed by atoms with Crippen LogP contribution in [-0.2, 0) is 14.3 Å². The van der Waals surface area contributed by atoms with Gasteiger partial charge in [0.05, 0.1) is 0 Å². The number of nitrogens with one attached hydrogen (secondary N) is 2. The lowest BCUT2D eigenvalue weighted by atomic mass is 9.98. The molecule has 0 radical (unpaired) electrons. The van der Waals surface area contributed by atoms with Gasteiger partial charge in [-0.05, 0) is 52.4 Å². The summed E-state index contributed by atoms with van der Waals surface area (Å²) in [7, 11) is 0. The molecule has 178 valence electrons. The van der Waals surface area contributed by atoms with E-state index in [4.69, 9.17) is 9.84 Å². The molecule has 0 fully saturated rings. The number of carboxylic acid groups (broad SMARTS) is 1. The largest absolute Gasteiger partial charge is 0.478 e. The summed E-state index contributed by atoms with van der Waals surface area (Å²) in [4.78, 5) is 36.0. The van der Waals surface area contributed by atoms with Gasteiger partial charge in [-0.2, -0.15) is 0 Å². The van der Waals surface area contributed by atoms with Crippen LogP contribution in [0.4, 0.5) is 10.5 Å². The first-order valence-corrected chi connectivity index (χ1v) is 11.4. The highest BCUT2D eigenvalue weighted by Crippen LogP contribution is 2.44. The molecule has 3 aromatic rings. The van der Waals surface area contributed by atoms with Crippen LogP contribution in [0.5, 0.6) is 0 Å². The summed E-state index contributed by atoms with van der Waals surface area (Å²) in [5.41, 5.74) is 5.64. The van der Waals surface area contributed by atoms with Crippen LogP contribution in [0.2, 0.25) is 0 Å². The van der Waals surface area contributed by atoms with Crippen molar-refractivity contribution in [2.24, 2.45) is 0 Å². The number of carbonyl (C=O) groups excluding carboxylic acids is 2. The maximum atomic E-state index is 12.8. The van der Waals surface area contributed by atoms with Gasteiger partial charge in [-0.1, -0.05) is 67.6 Å². The lowest BCUT2D eigenvalue weighted by Gasteiger charge is -2.19. The SMILES string of the molecule is CC[C@@H](NC(=O)OCC1c2ccccc2-c2ccccc21)C(=O)Nc1cccc(/C=C/C(=O)O)c1. The second-order valence-corrected chi connectivity index (χ2v) is 8.22. The Balaban J connectivity index is 1.37. The molecule has 0 aromatic heterocycles. The first-order valence-electron chi connectivity index (χ1n) is 11.4. The summed E-state index contributed by atoms with van der Waals surface area (Å²) in [5.74, 6) is -1.51. The van der Waals surface area contributed by atoms with E-state index in [1.165, 1.54) is 6.08 Å². The summed E-state index contributed by atoms with van der Waals surface area (Å²) in [6.07, 6.45) is 2.17. The average Bonchev–Trinajstić information content (AvgIpc) is 3.18. The predicted octanol–water partition coefficient (Wildman–Crippen LogP) is 5.04. The normalized spacial score (nSPS) is 13.1. The van der Waals surface area contributed by atoms with E-state index in [0.717, 1.165) is 28.3 Å². The van der Waals surface area contributed by atoms with Gasteiger partial charge in [0.1, 0.15) is 12.6 Å². The summed E-state index contributed by atoms with van der Waals surface area (Å²) in [6.45, 7) is 1.95. The number of hydrogen-bond acceptors (Lipinski definition) is 4. The smallest absolute Gasteiger partial charge is 0.407 e. The Morgan fingerprint density at radius 3 is 2.26 bits per heavy atom. The van der Waals surface area contributed by atoms with E-state index < -0.39 is 18.1 Å². The van der Waals surface area contributed by atoms with E-state index in [0.29, 0.717) is 17.7 Å². The van der Waals surface area contributed by atoms with Gasteiger partial charge in [0.15, 0.2) is 0 Å². The zero-order valence-electron chi connectivity index (χ0n) is 19.2. The fraction of sp³-hybridized carbons (Fsp3) is 0.179. The van der Waals surface area contributed by atoms with Gasteiger partial charge in [-0.15, -0.1) is 0 Å². The Hall–Kier alpha value is -4.39. The standard InChI is InChI=1S/C28H26N2O5/c1-2-25(27(33)29-19-9-7-8-18(16-19)14-15-26(31)32)30-28(34)35-17-24-22-12-5-3-10-20(22)21-11-4-6-13-23(21)24/h3-16,24-25H,2,17H2,1H3,(H,29,33)(H,30,34)(H,31,32)/b15-14+/t25-/m1/s1. The van der Waals surface area contributed by atoms with Crippen LogP contribution < -0.4 is 10.6 Å².